The summed E-state index contributed by atoms with van der Waals surface area (Å²) < 4.78 is 13.6. The maximum absolute atomic E-state index is 13.6. The second kappa shape index (κ2) is 7.19. The van der Waals surface area contributed by atoms with Crippen LogP contribution in [0.2, 0.25) is 0 Å². The first-order chi connectivity index (χ1) is 9.56. The van der Waals surface area contributed by atoms with Gasteiger partial charge in [-0.1, -0.05) is 18.6 Å². The lowest BCUT2D eigenvalue weighted by atomic mass is 9.97. The molecule has 1 aliphatic heterocycles. The smallest absolute Gasteiger partial charge is 0.126 e. The zero-order valence-corrected chi connectivity index (χ0v) is 12.9. The van der Waals surface area contributed by atoms with Crippen molar-refractivity contribution in [2.24, 2.45) is 0 Å². The van der Waals surface area contributed by atoms with Gasteiger partial charge in [0.05, 0.1) is 0 Å². The third kappa shape index (κ3) is 4.29. The Balaban J connectivity index is 1.86. The Bertz CT molecular complexity index is 427. The molecule has 0 aromatic heterocycles. The molecule has 1 fully saturated rings. The maximum atomic E-state index is 13.6. The summed E-state index contributed by atoms with van der Waals surface area (Å²) in [5, 5.41) is 7.16. The third-order valence-corrected chi connectivity index (χ3v) is 4.28. The van der Waals surface area contributed by atoms with Crippen molar-refractivity contribution in [2.75, 3.05) is 6.54 Å². The highest BCUT2D eigenvalue weighted by Crippen LogP contribution is 2.18. The van der Waals surface area contributed by atoms with E-state index in [1.54, 1.807) is 13.0 Å². The summed E-state index contributed by atoms with van der Waals surface area (Å²) in [5.74, 6) is -0.113. The first-order valence-electron chi connectivity index (χ1n) is 7.81. The summed E-state index contributed by atoms with van der Waals surface area (Å²) >= 11 is 0. The molecule has 3 unspecified atom stereocenters. The van der Waals surface area contributed by atoms with Crippen LogP contribution in [0.5, 0.6) is 0 Å². The number of benzene rings is 1. The molecule has 1 heterocycles. The van der Waals surface area contributed by atoms with E-state index in [4.69, 9.17) is 0 Å². The Morgan fingerprint density at radius 2 is 2.15 bits per heavy atom. The number of aryl methyl sites for hydroxylation is 1. The van der Waals surface area contributed by atoms with Crippen molar-refractivity contribution < 1.29 is 4.39 Å². The molecule has 1 saturated heterocycles. The van der Waals surface area contributed by atoms with Gasteiger partial charge >= 0.3 is 0 Å². The molecule has 3 heteroatoms. The highest BCUT2D eigenvalue weighted by molar-refractivity contribution is 5.25. The monoisotopic (exact) mass is 278 g/mol. The van der Waals surface area contributed by atoms with Crippen LogP contribution in [0.15, 0.2) is 18.2 Å². The fourth-order valence-corrected chi connectivity index (χ4v) is 3.02. The van der Waals surface area contributed by atoms with Crippen molar-refractivity contribution in [3.63, 3.8) is 0 Å². The zero-order valence-electron chi connectivity index (χ0n) is 12.9. The average molecular weight is 278 g/mol. The molecule has 1 aromatic carbocycles. The molecule has 20 heavy (non-hydrogen) atoms. The van der Waals surface area contributed by atoms with E-state index in [9.17, 15) is 4.39 Å². The van der Waals surface area contributed by atoms with Crippen molar-refractivity contribution in [1.82, 2.24) is 10.6 Å². The number of hydrogen-bond donors (Lipinski definition) is 2. The van der Waals surface area contributed by atoms with Gasteiger partial charge in [-0.15, -0.1) is 0 Å². The van der Waals surface area contributed by atoms with Crippen molar-refractivity contribution in [3.05, 3.63) is 35.1 Å². The highest BCUT2D eigenvalue weighted by Gasteiger charge is 2.17. The number of hydrogen-bond acceptors (Lipinski definition) is 2. The number of halogens is 1. The van der Waals surface area contributed by atoms with Crippen LogP contribution in [0, 0.1) is 12.7 Å². The van der Waals surface area contributed by atoms with Crippen LogP contribution in [0.4, 0.5) is 4.39 Å². The van der Waals surface area contributed by atoms with Gasteiger partial charge in [-0.05, 0) is 63.8 Å². The lowest BCUT2D eigenvalue weighted by molar-refractivity contribution is 0.334. The van der Waals surface area contributed by atoms with Gasteiger partial charge < -0.3 is 10.6 Å². The van der Waals surface area contributed by atoms with Gasteiger partial charge in [0.1, 0.15) is 5.82 Å². The molecule has 0 amide bonds. The Morgan fingerprint density at radius 3 is 2.80 bits per heavy atom. The van der Waals surface area contributed by atoms with Crippen LogP contribution in [0.1, 0.15) is 56.7 Å². The molecule has 1 aromatic rings. The van der Waals surface area contributed by atoms with Crippen LogP contribution in [-0.2, 0) is 0 Å². The summed E-state index contributed by atoms with van der Waals surface area (Å²) in [6.45, 7) is 7.27. The van der Waals surface area contributed by atoms with Crippen molar-refractivity contribution in [2.45, 2.75) is 64.6 Å². The lowest BCUT2D eigenvalue weighted by Crippen LogP contribution is -2.40. The van der Waals surface area contributed by atoms with E-state index >= 15 is 0 Å². The highest BCUT2D eigenvalue weighted by atomic mass is 19.1. The number of nitrogens with one attached hydrogen (secondary N) is 2. The molecule has 3 atom stereocenters. The Morgan fingerprint density at radius 1 is 1.35 bits per heavy atom. The number of piperidine rings is 1. The Labute approximate surface area is 122 Å². The SMILES string of the molecule is Cc1ccc(C(C)NC(C)CC2CCCCN2)cc1F. The Kier molecular flexibility index (Phi) is 5.55. The second-order valence-corrected chi connectivity index (χ2v) is 6.18. The molecule has 2 rings (SSSR count). The van der Waals surface area contributed by atoms with E-state index in [1.807, 2.05) is 12.1 Å². The predicted molar refractivity (Wildman–Crippen MR) is 82.4 cm³/mol. The zero-order chi connectivity index (χ0) is 14.5. The molecular formula is C17H27FN2. The topological polar surface area (TPSA) is 24.1 Å². The number of rotatable bonds is 5. The average Bonchev–Trinajstić information content (AvgIpc) is 2.42. The maximum Gasteiger partial charge on any atom is 0.126 e. The summed E-state index contributed by atoms with van der Waals surface area (Å²) in [6.07, 6.45) is 5.05. The van der Waals surface area contributed by atoms with Crippen LogP contribution >= 0.6 is 0 Å². The first kappa shape index (κ1) is 15.5. The van der Waals surface area contributed by atoms with E-state index in [2.05, 4.69) is 24.5 Å². The minimum Gasteiger partial charge on any atom is -0.314 e. The molecular weight excluding hydrogens is 251 g/mol. The first-order valence-corrected chi connectivity index (χ1v) is 7.81. The summed E-state index contributed by atoms with van der Waals surface area (Å²) in [7, 11) is 0. The summed E-state index contributed by atoms with van der Waals surface area (Å²) in [5.41, 5.74) is 1.73. The van der Waals surface area contributed by atoms with E-state index in [-0.39, 0.29) is 11.9 Å². The van der Waals surface area contributed by atoms with Gasteiger partial charge in [-0.25, -0.2) is 4.39 Å². The molecule has 2 N–H and O–H groups in total. The van der Waals surface area contributed by atoms with Crippen LogP contribution < -0.4 is 10.6 Å². The van der Waals surface area contributed by atoms with Gasteiger partial charge in [0.25, 0.3) is 0 Å². The largest absolute Gasteiger partial charge is 0.314 e. The van der Waals surface area contributed by atoms with Gasteiger partial charge in [0.15, 0.2) is 0 Å². The van der Waals surface area contributed by atoms with Gasteiger partial charge in [0.2, 0.25) is 0 Å². The standard InChI is InChI=1S/C17H27FN2/c1-12-7-8-15(11-17(12)18)14(3)20-13(2)10-16-6-4-5-9-19-16/h7-8,11,13-14,16,19-20H,4-6,9-10H2,1-3H3. The van der Waals surface area contributed by atoms with E-state index in [0.29, 0.717) is 17.6 Å². The van der Waals surface area contributed by atoms with E-state index in [0.717, 1.165) is 18.5 Å². The predicted octanol–water partition coefficient (Wildman–Crippen LogP) is 3.71. The third-order valence-electron chi connectivity index (χ3n) is 4.28. The van der Waals surface area contributed by atoms with E-state index < -0.39 is 0 Å². The normalized spacial score (nSPS) is 22.5. The molecule has 0 radical (unpaired) electrons. The quantitative estimate of drug-likeness (QED) is 0.858. The van der Waals surface area contributed by atoms with E-state index in [1.165, 1.54) is 19.3 Å². The van der Waals surface area contributed by atoms with Gasteiger partial charge in [-0.3, -0.25) is 0 Å². The fraction of sp³-hybridized carbons (Fsp3) is 0.647. The molecule has 112 valence electrons. The van der Waals surface area contributed by atoms with Crippen molar-refractivity contribution in [1.29, 1.82) is 0 Å². The molecule has 1 aliphatic rings. The van der Waals surface area contributed by atoms with Crippen molar-refractivity contribution >= 4 is 0 Å². The van der Waals surface area contributed by atoms with Crippen LogP contribution in [-0.4, -0.2) is 18.6 Å². The van der Waals surface area contributed by atoms with Gasteiger partial charge in [0, 0.05) is 18.1 Å². The van der Waals surface area contributed by atoms with Crippen LogP contribution in [0.3, 0.4) is 0 Å². The van der Waals surface area contributed by atoms with Gasteiger partial charge in [-0.2, -0.15) is 0 Å². The summed E-state index contributed by atoms with van der Waals surface area (Å²) in [6, 6.07) is 6.78. The fourth-order valence-electron chi connectivity index (χ4n) is 3.02. The molecule has 0 aliphatic carbocycles. The van der Waals surface area contributed by atoms with Crippen molar-refractivity contribution in [3.8, 4) is 0 Å². The Hall–Kier alpha value is -0.930. The van der Waals surface area contributed by atoms with Crippen LogP contribution in [0.25, 0.3) is 0 Å². The minimum atomic E-state index is -0.113. The minimum absolute atomic E-state index is 0.113. The molecule has 0 spiro atoms. The molecule has 0 bridgehead atoms. The molecule has 2 nitrogen and oxygen atoms in total. The second-order valence-electron chi connectivity index (χ2n) is 6.18. The molecule has 0 saturated carbocycles. The lowest BCUT2D eigenvalue weighted by Gasteiger charge is -2.28. The summed E-state index contributed by atoms with van der Waals surface area (Å²) in [4.78, 5) is 0.